The van der Waals surface area contributed by atoms with Crippen molar-refractivity contribution in [2.75, 3.05) is 43.4 Å². The molecule has 244 valence electrons. The number of fused-ring (bicyclic) bond motifs is 5. The predicted octanol–water partition coefficient (Wildman–Crippen LogP) is 3.70. The Morgan fingerprint density at radius 1 is 1.12 bits per heavy atom. The minimum Gasteiger partial charge on any atom is -0.461 e. The zero-order chi connectivity index (χ0) is 33.3. The van der Waals surface area contributed by atoms with Crippen LogP contribution in [0.1, 0.15) is 24.8 Å². The van der Waals surface area contributed by atoms with E-state index in [0.717, 1.165) is 25.0 Å². The minimum atomic E-state index is -1.55. The van der Waals surface area contributed by atoms with Crippen molar-refractivity contribution < 1.29 is 28.0 Å². The van der Waals surface area contributed by atoms with Gasteiger partial charge in [-0.25, -0.2) is 13.2 Å². The Morgan fingerprint density at radius 2 is 1.92 bits per heavy atom. The Kier molecular flexibility index (Phi) is 7.37. The molecule has 8 rings (SSSR count). The molecule has 0 saturated carbocycles. The third kappa shape index (κ3) is 5.07. The molecule has 4 aromatic rings. The molecular formula is C35H32BF3N6O3. The molecule has 3 atom stereocenters. The van der Waals surface area contributed by atoms with E-state index in [9.17, 15) is 14.4 Å². The molecule has 3 saturated heterocycles. The molecule has 5 N–H and O–H groups in total. The number of terminal acetylenes is 1. The first kappa shape index (κ1) is 30.7. The standard InChI is InChI=1S/C35H32BF3N6O3/c1-2-24-27(37)7-4-20-10-21(40)11-25(29(20)24)30-28(38)12-26-32(31(30)39)42-34(43-33(26)44-16-22-5-6-23(17-44)41-22)48-18-35-8-3-9-45(35)15-19(13-35)14-36(46)47/h1,4-7,10-12,14,22-23,41,46-47H,3,8-9,13,15-18,40H2/b19-14-/t22?,23?,35-/m0/s1. The fourth-order valence-corrected chi connectivity index (χ4v) is 8.02. The van der Waals surface area contributed by atoms with E-state index in [1.165, 1.54) is 30.2 Å². The SMILES string of the molecule is C#Cc1c(F)ccc2cc(N)cc(-c3c(F)cc4c(N5CC6C=CC(C5)N6)nc(OC[C@@]56CCCN5C/C(=C\B(O)O)C6)nc4c3F)c12. The van der Waals surface area contributed by atoms with Gasteiger partial charge < -0.3 is 30.7 Å². The Labute approximate surface area is 275 Å². The van der Waals surface area contributed by atoms with E-state index in [2.05, 4.69) is 33.3 Å². The average Bonchev–Trinajstić information content (AvgIpc) is 3.70. The van der Waals surface area contributed by atoms with Crippen LogP contribution < -0.4 is 20.7 Å². The van der Waals surface area contributed by atoms with Crippen molar-refractivity contribution in [1.82, 2.24) is 20.2 Å². The van der Waals surface area contributed by atoms with Crippen LogP contribution in [0.15, 0.2) is 54.0 Å². The molecule has 5 heterocycles. The number of hydrogen-bond donors (Lipinski definition) is 4. The van der Waals surface area contributed by atoms with Crippen LogP contribution in [0.3, 0.4) is 0 Å². The van der Waals surface area contributed by atoms with E-state index in [1.54, 1.807) is 6.07 Å². The van der Waals surface area contributed by atoms with E-state index < -0.39 is 35.7 Å². The number of nitrogens with two attached hydrogens (primary N) is 1. The van der Waals surface area contributed by atoms with Crippen molar-refractivity contribution in [3.8, 4) is 29.5 Å². The summed E-state index contributed by atoms with van der Waals surface area (Å²) in [4.78, 5) is 13.5. The number of benzene rings is 3. The topological polar surface area (TPSA) is 120 Å². The Hall–Kier alpha value is -4.61. The van der Waals surface area contributed by atoms with Gasteiger partial charge in [-0.05, 0) is 61.0 Å². The van der Waals surface area contributed by atoms with Gasteiger partial charge in [0.15, 0.2) is 5.82 Å². The molecule has 2 bridgehead atoms. The number of nitrogens with zero attached hydrogens (tertiary/aromatic N) is 4. The molecule has 0 aliphatic carbocycles. The number of anilines is 2. The van der Waals surface area contributed by atoms with Crippen LogP contribution in [0.4, 0.5) is 24.7 Å². The van der Waals surface area contributed by atoms with Crippen molar-refractivity contribution in [2.45, 2.75) is 36.9 Å². The normalized spacial score (nSPS) is 24.2. The maximum atomic E-state index is 17.0. The zero-order valence-corrected chi connectivity index (χ0v) is 25.9. The van der Waals surface area contributed by atoms with Gasteiger partial charge in [0.25, 0.3) is 0 Å². The summed E-state index contributed by atoms with van der Waals surface area (Å²) in [5, 5.41) is 23.3. The van der Waals surface area contributed by atoms with Crippen molar-refractivity contribution in [1.29, 1.82) is 0 Å². The summed E-state index contributed by atoms with van der Waals surface area (Å²) in [6, 6.07) is 6.85. The molecule has 3 aromatic carbocycles. The van der Waals surface area contributed by atoms with E-state index in [4.69, 9.17) is 21.9 Å². The second-order valence-corrected chi connectivity index (χ2v) is 13.1. The first-order valence-electron chi connectivity index (χ1n) is 15.9. The number of rotatable bonds is 6. The van der Waals surface area contributed by atoms with Crippen molar-refractivity contribution in [3.63, 3.8) is 0 Å². The second-order valence-electron chi connectivity index (χ2n) is 13.1. The van der Waals surface area contributed by atoms with Gasteiger partial charge in [0.1, 0.15) is 29.6 Å². The minimum absolute atomic E-state index is 0.0122. The quantitative estimate of drug-likeness (QED) is 0.107. The highest BCUT2D eigenvalue weighted by molar-refractivity contribution is 6.47. The number of piperazine rings is 1. The fraction of sp³-hybridized carbons (Fsp3) is 0.314. The highest BCUT2D eigenvalue weighted by Crippen LogP contribution is 2.43. The summed E-state index contributed by atoms with van der Waals surface area (Å²) in [5.41, 5.74) is 6.18. The lowest BCUT2D eigenvalue weighted by Gasteiger charge is -2.35. The average molecular weight is 652 g/mol. The summed E-state index contributed by atoms with van der Waals surface area (Å²) in [7, 11) is -1.55. The largest absolute Gasteiger partial charge is 0.480 e. The van der Waals surface area contributed by atoms with Gasteiger partial charge in [0.05, 0.1) is 16.7 Å². The monoisotopic (exact) mass is 652 g/mol. The maximum Gasteiger partial charge on any atom is 0.480 e. The van der Waals surface area contributed by atoms with Gasteiger partial charge in [-0.2, -0.15) is 9.97 Å². The number of hydrogen-bond acceptors (Lipinski definition) is 9. The van der Waals surface area contributed by atoms with Crippen LogP contribution in [0.25, 0.3) is 32.8 Å². The number of nitrogens with one attached hydrogen (secondary N) is 1. The fourth-order valence-electron chi connectivity index (χ4n) is 8.02. The molecular weight excluding hydrogens is 620 g/mol. The highest BCUT2D eigenvalue weighted by Gasteiger charge is 2.47. The van der Waals surface area contributed by atoms with Gasteiger partial charge in [-0.1, -0.05) is 35.7 Å². The lowest BCUT2D eigenvalue weighted by atomic mass is 9.85. The van der Waals surface area contributed by atoms with E-state index in [0.29, 0.717) is 37.3 Å². The van der Waals surface area contributed by atoms with Gasteiger partial charge in [0.2, 0.25) is 0 Å². The summed E-state index contributed by atoms with van der Waals surface area (Å²) < 4.78 is 54.4. The zero-order valence-electron chi connectivity index (χ0n) is 25.9. The first-order chi connectivity index (χ1) is 23.1. The van der Waals surface area contributed by atoms with E-state index >= 15 is 8.78 Å². The van der Waals surface area contributed by atoms with Gasteiger partial charge in [-0.3, -0.25) is 4.90 Å². The molecule has 2 unspecified atom stereocenters. The Bertz CT molecular complexity index is 2090. The van der Waals surface area contributed by atoms with Crippen molar-refractivity contribution >= 4 is 40.3 Å². The third-order valence-corrected chi connectivity index (χ3v) is 10.0. The Balaban J connectivity index is 1.27. The van der Waals surface area contributed by atoms with Crippen LogP contribution in [0.2, 0.25) is 0 Å². The Morgan fingerprint density at radius 3 is 2.67 bits per heavy atom. The van der Waals surface area contributed by atoms with Crippen LogP contribution in [-0.2, 0) is 0 Å². The molecule has 1 aromatic heterocycles. The van der Waals surface area contributed by atoms with Crippen LogP contribution in [0, 0.1) is 29.8 Å². The van der Waals surface area contributed by atoms with E-state index in [-0.39, 0.29) is 57.8 Å². The number of nitrogen functional groups attached to an aromatic ring is 1. The van der Waals surface area contributed by atoms with Crippen LogP contribution in [0.5, 0.6) is 6.01 Å². The number of halogens is 3. The summed E-state index contributed by atoms with van der Waals surface area (Å²) >= 11 is 0. The molecule has 48 heavy (non-hydrogen) atoms. The predicted molar refractivity (Wildman–Crippen MR) is 179 cm³/mol. The lowest BCUT2D eigenvalue weighted by molar-refractivity contribution is 0.108. The van der Waals surface area contributed by atoms with Crippen LogP contribution >= 0.6 is 0 Å². The van der Waals surface area contributed by atoms with E-state index in [1.807, 2.05) is 4.90 Å². The third-order valence-electron chi connectivity index (χ3n) is 10.0. The highest BCUT2D eigenvalue weighted by atomic mass is 19.1. The lowest BCUT2D eigenvalue weighted by Crippen LogP contribution is -2.52. The number of ether oxygens (including phenoxy) is 1. The molecule has 4 aliphatic heterocycles. The van der Waals surface area contributed by atoms with Gasteiger partial charge in [0, 0.05) is 48.2 Å². The molecule has 3 fully saturated rings. The molecule has 13 heteroatoms. The first-order valence-corrected chi connectivity index (χ1v) is 15.9. The number of aromatic nitrogens is 2. The van der Waals surface area contributed by atoms with Gasteiger partial charge in [-0.15, -0.1) is 6.42 Å². The van der Waals surface area contributed by atoms with Crippen molar-refractivity contribution in [3.05, 3.63) is 77.0 Å². The second kappa shape index (κ2) is 11.5. The van der Waals surface area contributed by atoms with Crippen molar-refractivity contribution in [2.24, 2.45) is 0 Å². The molecule has 0 radical (unpaired) electrons. The summed E-state index contributed by atoms with van der Waals surface area (Å²) in [6.45, 7) is 2.64. The molecule has 0 spiro atoms. The van der Waals surface area contributed by atoms with Gasteiger partial charge >= 0.3 is 13.1 Å². The summed E-state index contributed by atoms with van der Waals surface area (Å²) in [6.07, 6.45) is 12.2. The molecule has 4 aliphatic rings. The van der Waals surface area contributed by atoms with Crippen LogP contribution in [-0.4, -0.2) is 82.4 Å². The molecule has 9 nitrogen and oxygen atoms in total. The molecule has 0 amide bonds. The summed E-state index contributed by atoms with van der Waals surface area (Å²) in [5.74, 6) is 1.55. The smallest absolute Gasteiger partial charge is 0.461 e. The maximum absolute atomic E-state index is 17.0.